The van der Waals surface area contributed by atoms with Gasteiger partial charge in [0.25, 0.3) is 0 Å². The van der Waals surface area contributed by atoms with E-state index in [1.807, 2.05) is 29.5 Å². The van der Waals surface area contributed by atoms with E-state index in [1.54, 1.807) is 23.3 Å². The van der Waals surface area contributed by atoms with Crippen LogP contribution in [-0.2, 0) is 9.59 Å². The van der Waals surface area contributed by atoms with Crippen molar-refractivity contribution >= 4 is 23.2 Å². The van der Waals surface area contributed by atoms with E-state index in [2.05, 4.69) is 0 Å². The topological polar surface area (TPSA) is 40.6 Å². The van der Waals surface area contributed by atoms with E-state index < -0.39 is 0 Å². The Hall–Kier alpha value is -1.36. The molecule has 108 valence electrons. The number of thiophene rings is 1. The third-order valence-electron chi connectivity index (χ3n) is 4.34. The summed E-state index contributed by atoms with van der Waals surface area (Å²) in [6.45, 7) is 0.838. The van der Waals surface area contributed by atoms with Gasteiger partial charge in [-0.2, -0.15) is 0 Å². The van der Waals surface area contributed by atoms with E-state index in [1.165, 1.54) is 12.8 Å². The van der Waals surface area contributed by atoms with Crippen molar-refractivity contribution in [3.05, 3.63) is 22.4 Å². The molecule has 20 heavy (non-hydrogen) atoms. The minimum atomic E-state index is -0.227. The van der Waals surface area contributed by atoms with Gasteiger partial charge in [-0.3, -0.25) is 9.59 Å². The zero-order valence-corrected chi connectivity index (χ0v) is 12.7. The smallest absolute Gasteiger partial charge is 0.228 e. The van der Waals surface area contributed by atoms with Crippen molar-refractivity contribution in [1.29, 1.82) is 0 Å². The average Bonchev–Trinajstić information content (AvgIpc) is 2.97. The van der Waals surface area contributed by atoms with Gasteiger partial charge < -0.3 is 9.80 Å². The summed E-state index contributed by atoms with van der Waals surface area (Å²) in [7, 11) is 3.68. The summed E-state index contributed by atoms with van der Waals surface area (Å²) in [6.07, 6.45) is 2.80. The van der Waals surface area contributed by atoms with Crippen molar-refractivity contribution in [3.63, 3.8) is 0 Å². The Balaban J connectivity index is 1.79. The van der Waals surface area contributed by atoms with Crippen LogP contribution in [0.2, 0.25) is 0 Å². The molecule has 1 aromatic rings. The Kier molecular flexibility index (Phi) is 3.54. The van der Waals surface area contributed by atoms with Gasteiger partial charge in [-0.25, -0.2) is 0 Å². The Morgan fingerprint density at radius 2 is 2.25 bits per heavy atom. The van der Waals surface area contributed by atoms with Gasteiger partial charge in [0, 0.05) is 31.9 Å². The van der Waals surface area contributed by atoms with Crippen molar-refractivity contribution in [2.45, 2.75) is 25.3 Å². The lowest BCUT2D eigenvalue weighted by Gasteiger charge is -2.27. The van der Waals surface area contributed by atoms with Crippen molar-refractivity contribution in [2.75, 3.05) is 20.6 Å². The van der Waals surface area contributed by atoms with Gasteiger partial charge in [0.1, 0.15) is 0 Å². The van der Waals surface area contributed by atoms with Crippen LogP contribution in [0, 0.1) is 11.8 Å². The highest BCUT2D eigenvalue weighted by molar-refractivity contribution is 7.10. The van der Waals surface area contributed by atoms with Crippen molar-refractivity contribution < 1.29 is 9.59 Å². The third kappa shape index (κ3) is 2.46. The summed E-state index contributed by atoms with van der Waals surface area (Å²) in [4.78, 5) is 29.3. The summed E-state index contributed by atoms with van der Waals surface area (Å²) in [6, 6.07) is 3.91. The fourth-order valence-electron chi connectivity index (χ4n) is 3.00. The summed E-state index contributed by atoms with van der Waals surface area (Å²) in [5.74, 6) is 0.642. The third-order valence-corrected chi connectivity index (χ3v) is 5.29. The molecule has 0 bridgehead atoms. The second-order valence-corrected chi connectivity index (χ2v) is 6.92. The largest absolute Gasteiger partial charge is 0.345 e. The maximum absolute atomic E-state index is 12.7. The van der Waals surface area contributed by atoms with Crippen LogP contribution in [0.4, 0.5) is 0 Å². The fourth-order valence-corrected chi connectivity index (χ4v) is 3.93. The van der Waals surface area contributed by atoms with Crippen LogP contribution in [0.25, 0.3) is 0 Å². The maximum atomic E-state index is 12.7. The molecule has 0 N–H and O–H groups in total. The molecule has 2 heterocycles. The number of rotatable bonds is 4. The van der Waals surface area contributed by atoms with E-state index in [9.17, 15) is 9.59 Å². The SMILES string of the molecule is CN(CC1CC1)C(=O)[C@H]1CC(=O)N(C)[C@H]1c1cccs1. The molecule has 1 saturated carbocycles. The Morgan fingerprint density at radius 3 is 2.85 bits per heavy atom. The van der Waals surface area contributed by atoms with Gasteiger partial charge >= 0.3 is 0 Å². The Morgan fingerprint density at radius 1 is 1.50 bits per heavy atom. The normalized spacial score (nSPS) is 26.1. The molecule has 1 aromatic heterocycles. The fraction of sp³-hybridized carbons (Fsp3) is 0.600. The lowest BCUT2D eigenvalue weighted by molar-refractivity contribution is -0.135. The predicted octanol–water partition coefficient (Wildman–Crippen LogP) is 2.14. The van der Waals surface area contributed by atoms with E-state index >= 15 is 0 Å². The molecule has 2 aliphatic rings. The number of hydrogen-bond donors (Lipinski definition) is 0. The first-order chi connectivity index (χ1) is 9.58. The van der Waals surface area contributed by atoms with Gasteiger partial charge in [0.05, 0.1) is 12.0 Å². The lowest BCUT2D eigenvalue weighted by Crippen LogP contribution is -2.36. The second-order valence-electron chi connectivity index (χ2n) is 5.94. The van der Waals surface area contributed by atoms with Crippen LogP contribution in [-0.4, -0.2) is 42.3 Å². The predicted molar refractivity (Wildman–Crippen MR) is 78.3 cm³/mol. The minimum Gasteiger partial charge on any atom is -0.345 e. The molecule has 2 atom stereocenters. The van der Waals surface area contributed by atoms with Crippen LogP contribution in [0.3, 0.4) is 0 Å². The zero-order chi connectivity index (χ0) is 14.3. The monoisotopic (exact) mass is 292 g/mol. The van der Waals surface area contributed by atoms with Crippen LogP contribution >= 0.6 is 11.3 Å². The summed E-state index contributed by atoms with van der Waals surface area (Å²) in [5.41, 5.74) is 0. The molecular weight excluding hydrogens is 272 g/mol. The van der Waals surface area contributed by atoms with Crippen LogP contribution in [0.15, 0.2) is 17.5 Å². The van der Waals surface area contributed by atoms with E-state index in [4.69, 9.17) is 0 Å². The number of amides is 2. The van der Waals surface area contributed by atoms with Crippen LogP contribution in [0.5, 0.6) is 0 Å². The molecule has 0 aromatic carbocycles. The van der Waals surface area contributed by atoms with Crippen LogP contribution in [0.1, 0.15) is 30.2 Å². The molecule has 2 fully saturated rings. The highest BCUT2D eigenvalue weighted by atomic mass is 32.1. The molecule has 0 radical (unpaired) electrons. The van der Waals surface area contributed by atoms with Gasteiger partial charge in [-0.05, 0) is 30.2 Å². The summed E-state index contributed by atoms with van der Waals surface area (Å²) in [5, 5.41) is 2.00. The molecule has 0 unspecified atom stereocenters. The van der Waals surface area contributed by atoms with Gasteiger partial charge in [-0.15, -0.1) is 11.3 Å². The molecule has 3 rings (SSSR count). The Labute approximate surface area is 123 Å². The molecule has 4 nitrogen and oxygen atoms in total. The highest BCUT2D eigenvalue weighted by Crippen LogP contribution is 2.40. The average molecular weight is 292 g/mol. The van der Waals surface area contributed by atoms with E-state index in [0.29, 0.717) is 12.3 Å². The van der Waals surface area contributed by atoms with Gasteiger partial charge in [0.2, 0.25) is 11.8 Å². The van der Waals surface area contributed by atoms with Gasteiger partial charge in [0.15, 0.2) is 0 Å². The van der Waals surface area contributed by atoms with E-state index in [-0.39, 0.29) is 23.8 Å². The van der Waals surface area contributed by atoms with Crippen molar-refractivity contribution in [1.82, 2.24) is 9.80 Å². The van der Waals surface area contributed by atoms with Crippen molar-refractivity contribution in [2.24, 2.45) is 11.8 Å². The summed E-state index contributed by atoms with van der Waals surface area (Å²) < 4.78 is 0. The van der Waals surface area contributed by atoms with Crippen LogP contribution < -0.4 is 0 Å². The maximum Gasteiger partial charge on any atom is 0.228 e. The summed E-state index contributed by atoms with van der Waals surface area (Å²) >= 11 is 1.62. The number of carbonyl (C=O) groups is 2. The standard InChI is InChI=1S/C15H20N2O2S/c1-16(9-10-5-6-10)15(19)11-8-13(18)17(2)14(11)12-4-3-7-20-12/h3-4,7,10-11,14H,5-6,8-9H2,1-2H3/t11-,14+/m0/s1. The first-order valence-corrected chi connectivity index (χ1v) is 8.00. The first kappa shape index (κ1) is 13.6. The zero-order valence-electron chi connectivity index (χ0n) is 11.9. The molecule has 1 aliphatic heterocycles. The first-order valence-electron chi connectivity index (χ1n) is 7.12. The quantitative estimate of drug-likeness (QED) is 0.853. The molecule has 1 saturated heterocycles. The number of carbonyl (C=O) groups excluding carboxylic acids is 2. The molecule has 0 spiro atoms. The van der Waals surface area contributed by atoms with Crippen molar-refractivity contribution in [3.8, 4) is 0 Å². The molecule has 5 heteroatoms. The number of nitrogens with zero attached hydrogens (tertiary/aromatic N) is 2. The molecule has 2 amide bonds. The molecule has 1 aliphatic carbocycles. The number of hydrogen-bond acceptors (Lipinski definition) is 3. The number of likely N-dealkylation sites (tertiary alicyclic amines) is 1. The molecular formula is C15H20N2O2S. The highest BCUT2D eigenvalue weighted by Gasteiger charge is 2.44. The minimum absolute atomic E-state index is 0.0709. The van der Waals surface area contributed by atoms with E-state index in [0.717, 1.165) is 11.4 Å². The Bertz CT molecular complexity index is 510. The second kappa shape index (κ2) is 5.20. The lowest BCUT2D eigenvalue weighted by atomic mass is 9.97. The van der Waals surface area contributed by atoms with Gasteiger partial charge in [-0.1, -0.05) is 6.07 Å².